The number of nitrogens with zero attached hydrogens (tertiary/aromatic N) is 3. The zero-order chi connectivity index (χ0) is 16.7. The van der Waals surface area contributed by atoms with E-state index in [1.54, 1.807) is 22.9 Å². The fraction of sp³-hybridized carbons (Fsp3) is 0.222. The molecule has 6 heteroatoms. The van der Waals surface area contributed by atoms with Gasteiger partial charge in [0.05, 0.1) is 11.7 Å². The molecule has 1 aromatic carbocycles. The summed E-state index contributed by atoms with van der Waals surface area (Å²) < 4.78 is 21.6. The number of nitrogens with one attached hydrogen (secondary N) is 1. The van der Waals surface area contributed by atoms with Crippen molar-refractivity contribution in [2.75, 3.05) is 12.8 Å². The van der Waals surface area contributed by atoms with E-state index in [2.05, 4.69) is 28.2 Å². The molecule has 0 spiro atoms. The second kappa shape index (κ2) is 5.65. The van der Waals surface area contributed by atoms with Gasteiger partial charge in [0.1, 0.15) is 9.92 Å². The van der Waals surface area contributed by atoms with Gasteiger partial charge in [-0.1, -0.05) is 12.1 Å². The van der Waals surface area contributed by atoms with Crippen molar-refractivity contribution in [2.24, 2.45) is 0 Å². The van der Waals surface area contributed by atoms with Gasteiger partial charge in [-0.05, 0) is 46.9 Å². The molecule has 24 heavy (non-hydrogen) atoms. The Morgan fingerprint density at radius 2 is 2.04 bits per heavy atom. The van der Waals surface area contributed by atoms with E-state index in [4.69, 9.17) is 4.78 Å². The third kappa shape index (κ3) is 2.68. The zero-order valence-electron chi connectivity index (χ0n) is 13.4. The minimum Gasteiger partial charge on any atom is -0.262 e. The average molecular weight is 338 g/mol. The molecule has 0 amide bonds. The smallest absolute Gasteiger partial charge is 0.105 e. The zero-order valence-corrected chi connectivity index (χ0v) is 14.2. The molecule has 5 nitrogen and oxygen atoms in total. The molecule has 0 saturated heterocycles. The standard InChI is InChI=1S/C18H18N4OS/c1-24(19,23)22-9-6-13-2-3-14(10-15(13)12-22)16-5-8-21-18-11-20-7-4-17(16)18/h2-5,7-8,10-11,19H,6,9,12H2,1H3. The van der Waals surface area contributed by atoms with Crippen molar-refractivity contribution in [3.63, 3.8) is 0 Å². The number of fused-ring (bicyclic) bond motifs is 2. The molecule has 0 saturated carbocycles. The quantitative estimate of drug-likeness (QED) is 0.780. The van der Waals surface area contributed by atoms with Crippen molar-refractivity contribution in [2.45, 2.75) is 13.0 Å². The van der Waals surface area contributed by atoms with Crippen LogP contribution in [0.15, 0.2) is 48.9 Å². The van der Waals surface area contributed by atoms with Gasteiger partial charge in [0.25, 0.3) is 0 Å². The second-order valence-electron chi connectivity index (χ2n) is 6.15. The molecule has 2 aromatic heterocycles. The topological polar surface area (TPSA) is 69.9 Å². The van der Waals surface area contributed by atoms with Gasteiger partial charge in [-0.25, -0.2) is 13.3 Å². The van der Waals surface area contributed by atoms with Crippen molar-refractivity contribution in [1.29, 1.82) is 4.78 Å². The van der Waals surface area contributed by atoms with Crippen LogP contribution in [-0.2, 0) is 22.9 Å². The lowest BCUT2D eigenvalue weighted by Crippen LogP contribution is -2.34. The van der Waals surface area contributed by atoms with Crippen molar-refractivity contribution in [1.82, 2.24) is 14.3 Å². The fourth-order valence-corrected chi connectivity index (χ4v) is 4.07. The van der Waals surface area contributed by atoms with E-state index < -0.39 is 9.92 Å². The summed E-state index contributed by atoms with van der Waals surface area (Å²) in [5.74, 6) is 0. The highest BCUT2D eigenvalue weighted by atomic mass is 32.2. The Balaban J connectivity index is 1.81. The average Bonchev–Trinajstić information content (AvgIpc) is 2.59. The lowest BCUT2D eigenvalue weighted by Gasteiger charge is -2.28. The molecular weight excluding hydrogens is 320 g/mol. The summed E-state index contributed by atoms with van der Waals surface area (Å²) in [5, 5.41) is 1.07. The van der Waals surface area contributed by atoms with E-state index >= 15 is 0 Å². The van der Waals surface area contributed by atoms with E-state index in [1.807, 2.05) is 12.1 Å². The van der Waals surface area contributed by atoms with Crippen molar-refractivity contribution < 1.29 is 4.21 Å². The molecule has 1 unspecified atom stereocenters. The summed E-state index contributed by atoms with van der Waals surface area (Å²) >= 11 is 0. The molecule has 3 aromatic rings. The van der Waals surface area contributed by atoms with Crippen LogP contribution in [0.4, 0.5) is 0 Å². The Hall–Kier alpha value is -2.31. The molecule has 0 bridgehead atoms. The normalized spacial score (nSPS) is 17.4. The van der Waals surface area contributed by atoms with Crippen LogP contribution in [0.2, 0.25) is 0 Å². The van der Waals surface area contributed by atoms with Crippen molar-refractivity contribution in [3.05, 3.63) is 60.0 Å². The highest BCUT2D eigenvalue weighted by molar-refractivity contribution is 7.89. The maximum Gasteiger partial charge on any atom is 0.105 e. The van der Waals surface area contributed by atoms with Crippen LogP contribution in [0.5, 0.6) is 0 Å². The van der Waals surface area contributed by atoms with E-state index in [9.17, 15) is 4.21 Å². The summed E-state index contributed by atoms with van der Waals surface area (Å²) in [5.41, 5.74) is 5.53. The molecule has 3 heterocycles. The first-order valence-electron chi connectivity index (χ1n) is 7.82. The van der Waals surface area contributed by atoms with E-state index in [0.717, 1.165) is 34.0 Å². The Morgan fingerprint density at radius 3 is 2.88 bits per heavy atom. The van der Waals surface area contributed by atoms with Crippen LogP contribution in [0, 0.1) is 4.78 Å². The van der Waals surface area contributed by atoms with Gasteiger partial charge < -0.3 is 0 Å². The first-order chi connectivity index (χ1) is 11.5. The van der Waals surface area contributed by atoms with Crippen LogP contribution in [0.25, 0.3) is 22.0 Å². The lowest BCUT2D eigenvalue weighted by atomic mass is 9.94. The predicted octanol–water partition coefficient (Wildman–Crippen LogP) is 3.25. The molecule has 1 aliphatic rings. The van der Waals surface area contributed by atoms with E-state index in [0.29, 0.717) is 13.1 Å². The molecule has 122 valence electrons. The molecule has 1 N–H and O–H groups in total. The summed E-state index contributed by atoms with van der Waals surface area (Å²) in [7, 11) is -2.67. The van der Waals surface area contributed by atoms with Gasteiger partial charge in [-0.15, -0.1) is 0 Å². The highest BCUT2D eigenvalue weighted by Gasteiger charge is 2.21. The largest absolute Gasteiger partial charge is 0.262 e. The Kier molecular flexibility index (Phi) is 3.58. The van der Waals surface area contributed by atoms with Gasteiger partial charge in [-0.2, -0.15) is 0 Å². The maximum absolute atomic E-state index is 12.1. The molecule has 1 aliphatic heterocycles. The summed E-state index contributed by atoms with van der Waals surface area (Å²) in [6, 6.07) is 10.4. The fourth-order valence-electron chi connectivity index (χ4n) is 3.25. The second-order valence-corrected chi connectivity index (χ2v) is 8.27. The van der Waals surface area contributed by atoms with E-state index in [-0.39, 0.29) is 0 Å². The number of hydrogen-bond donors (Lipinski definition) is 1. The first-order valence-corrected chi connectivity index (χ1v) is 9.74. The van der Waals surface area contributed by atoms with Gasteiger partial charge in [0.15, 0.2) is 0 Å². The minimum atomic E-state index is -2.67. The number of aromatic nitrogens is 2. The molecule has 1 atom stereocenters. The third-order valence-electron chi connectivity index (χ3n) is 4.53. The van der Waals surface area contributed by atoms with Gasteiger partial charge >= 0.3 is 0 Å². The van der Waals surface area contributed by atoms with Crippen LogP contribution < -0.4 is 0 Å². The predicted molar refractivity (Wildman–Crippen MR) is 95.9 cm³/mol. The first kappa shape index (κ1) is 15.2. The number of pyridine rings is 2. The molecule has 0 aliphatic carbocycles. The Bertz CT molecular complexity index is 1020. The molecular formula is C18H18N4OS. The summed E-state index contributed by atoms with van der Waals surface area (Å²) in [4.78, 5) is 8.50. The van der Waals surface area contributed by atoms with Crippen LogP contribution >= 0.6 is 0 Å². The van der Waals surface area contributed by atoms with E-state index in [1.165, 1.54) is 11.8 Å². The Morgan fingerprint density at radius 1 is 1.17 bits per heavy atom. The van der Waals surface area contributed by atoms with Gasteiger partial charge in [0.2, 0.25) is 0 Å². The van der Waals surface area contributed by atoms with Crippen LogP contribution in [0.1, 0.15) is 11.1 Å². The monoisotopic (exact) mass is 338 g/mol. The molecule has 4 rings (SSSR count). The highest BCUT2D eigenvalue weighted by Crippen LogP contribution is 2.30. The number of benzene rings is 1. The Labute approximate surface area is 141 Å². The van der Waals surface area contributed by atoms with Gasteiger partial charge in [0, 0.05) is 37.1 Å². The molecule has 0 fully saturated rings. The number of rotatable bonds is 2. The van der Waals surface area contributed by atoms with Gasteiger partial charge in [-0.3, -0.25) is 9.97 Å². The maximum atomic E-state index is 12.1. The SMILES string of the molecule is CS(=N)(=O)N1CCc2ccc(-c3ccnc4cnccc34)cc2C1. The summed E-state index contributed by atoms with van der Waals surface area (Å²) in [6.45, 7) is 1.24. The van der Waals surface area contributed by atoms with Crippen molar-refractivity contribution >= 4 is 20.8 Å². The number of hydrogen-bond acceptors (Lipinski definition) is 4. The van der Waals surface area contributed by atoms with Crippen LogP contribution in [-0.4, -0.2) is 31.3 Å². The minimum absolute atomic E-state index is 0.562. The molecule has 0 radical (unpaired) electrons. The lowest BCUT2D eigenvalue weighted by molar-refractivity contribution is 0.417. The summed E-state index contributed by atoms with van der Waals surface area (Å²) in [6.07, 6.45) is 7.67. The van der Waals surface area contributed by atoms with Crippen LogP contribution in [0.3, 0.4) is 0 Å². The van der Waals surface area contributed by atoms with Crippen molar-refractivity contribution in [3.8, 4) is 11.1 Å². The third-order valence-corrected chi connectivity index (χ3v) is 5.83.